The minimum absolute atomic E-state index is 0.0646. The van der Waals surface area contributed by atoms with E-state index in [0.29, 0.717) is 0 Å². The van der Waals surface area contributed by atoms with Crippen LogP contribution in [-0.4, -0.2) is 76.4 Å². The fourth-order valence-electron chi connectivity index (χ4n) is 1.90. The van der Waals surface area contributed by atoms with Gasteiger partial charge in [-0.05, 0) is 6.08 Å². The zero-order valence-electron chi connectivity index (χ0n) is 9.95. The number of aliphatic hydroxyl groups excluding tert-OH is 4. The number of hydrogen-bond donors (Lipinski definition) is 4. The fourth-order valence-corrected chi connectivity index (χ4v) is 1.90. The molecule has 0 aliphatic carbocycles. The first kappa shape index (κ1) is 14.4. The van der Waals surface area contributed by atoms with Crippen molar-refractivity contribution in [2.75, 3.05) is 13.2 Å². The van der Waals surface area contributed by atoms with Crippen LogP contribution >= 0.6 is 0 Å². The van der Waals surface area contributed by atoms with Gasteiger partial charge in [-0.15, -0.1) is 0 Å². The molecule has 19 heavy (non-hydrogen) atoms. The SMILES string of the molecule is O=C1C=CC(CO[C@@H]2O[C@H](CO)[C@@H](O)[C@H](O)[C@H]2O)O1. The molecule has 2 aliphatic heterocycles. The number of esters is 1. The standard InChI is InChI=1S/C11H16O8/c12-3-6-8(14)9(15)10(16)11(19-6)17-4-5-1-2-7(13)18-5/h1-2,5-6,8-12,14-16H,3-4H2/t5?,6-,8-,9+,10-,11-/m1/s1. The van der Waals surface area contributed by atoms with Crippen molar-refractivity contribution in [3.63, 3.8) is 0 Å². The highest BCUT2D eigenvalue weighted by Crippen LogP contribution is 2.22. The van der Waals surface area contributed by atoms with Gasteiger partial charge >= 0.3 is 5.97 Å². The number of ether oxygens (including phenoxy) is 3. The molecule has 8 nitrogen and oxygen atoms in total. The molecule has 108 valence electrons. The van der Waals surface area contributed by atoms with Crippen molar-refractivity contribution < 1.29 is 39.4 Å². The molecule has 4 N–H and O–H groups in total. The molecule has 0 aromatic heterocycles. The van der Waals surface area contributed by atoms with E-state index in [1.165, 1.54) is 12.2 Å². The monoisotopic (exact) mass is 276 g/mol. The molecule has 1 unspecified atom stereocenters. The van der Waals surface area contributed by atoms with Crippen molar-refractivity contribution in [2.45, 2.75) is 36.8 Å². The van der Waals surface area contributed by atoms with Crippen molar-refractivity contribution in [1.82, 2.24) is 0 Å². The molecule has 0 spiro atoms. The number of carbonyl (C=O) groups is 1. The smallest absolute Gasteiger partial charge is 0.331 e. The maximum absolute atomic E-state index is 10.8. The van der Waals surface area contributed by atoms with Crippen molar-refractivity contribution in [1.29, 1.82) is 0 Å². The van der Waals surface area contributed by atoms with Gasteiger partial charge in [0.25, 0.3) is 0 Å². The van der Waals surface area contributed by atoms with Crippen LogP contribution in [0.15, 0.2) is 12.2 Å². The lowest BCUT2D eigenvalue weighted by Crippen LogP contribution is -2.59. The Morgan fingerprint density at radius 2 is 1.95 bits per heavy atom. The second-order valence-corrected chi connectivity index (χ2v) is 4.37. The first-order valence-corrected chi connectivity index (χ1v) is 5.84. The second-order valence-electron chi connectivity index (χ2n) is 4.37. The zero-order valence-corrected chi connectivity index (χ0v) is 9.95. The van der Waals surface area contributed by atoms with Crippen LogP contribution in [0.25, 0.3) is 0 Å². The summed E-state index contributed by atoms with van der Waals surface area (Å²) in [5, 5.41) is 37.8. The first-order chi connectivity index (χ1) is 9.02. The van der Waals surface area contributed by atoms with E-state index < -0.39 is 49.4 Å². The number of hydrogen-bond acceptors (Lipinski definition) is 8. The van der Waals surface area contributed by atoms with Crippen molar-refractivity contribution in [3.05, 3.63) is 12.2 Å². The molecule has 0 aromatic rings. The highest BCUT2D eigenvalue weighted by atomic mass is 16.7. The number of carbonyl (C=O) groups excluding carboxylic acids is 1. The van der Waals surface area contributed by atoms with Crippen molar-refractivity contribution in [3.8, 4) is 0 Å². The zero-order chi connectivity index (χ0) is 14.0. The molecule has 6 atom stereocenters. The van der Waals surface area contributed by atoms with Crippen molar-refractivity contribution in [2.24, 2.45) is 0 Å². The van der Waals surface area contributed by atoms with Crippen LogP contribution in [-0.2, 0) is 19.0 Å². The Labute approximate surface area is 108 Å². The molecular weight excluding hydrogens is 260 g/mol. The van der Waals surface area contributed by atoms with Gasteiger partial charge in [0.15, 0.2) is 6.29 Å². The molecule has 0 bridgehead atoms. The molecular formula is C11H16O8. The Morgan fingerprint density at radius 1 is 1.21 bits per heavy atom. The molecule has 1 fully saturated rings. The Kier molecular flexibility index (Phi) is 4.50. The quantitative estimate of drug-likeness (QED) is 0.408. The van der Waals surface area contributed by atoms with Crippen LogP contribution < -0.4 is 0 Å². The molecule has 2 rings (SSSR count). The second kappa shape index (κ2) is 5.95. The predicted octanol–water partition coefficient (Wildman–Crippen LogP) is -2.72. The minimum atomic E-state index is -1.49. The molecule has 2 aliphatic rings. The largest absolute Gasteiger partial charge is 0.452 e. The third-order valence-corrected chi connectivity index (χ3v) is 2.99. The summed E-state index contributed by atoms with van der Waals surface area (Å²) in [6.45, 7) is -0.589. The van der Waals surface area contributed by atoms with Gasteiger partial charge in [-0.2, -0.15) is 0 Å². The van der Waals surface area contributed by atoms with Gasteiger partial charge in [0.05, 0.1) is 13.2 Å². The molecule has 1 saturated heterocycles. The third kappa shape index (κ3) is 3.11. The number of aliphatic hydroxyl groups is 4. The molecule has 0 saturated carbocycles. The summed E-state index contributed by atoms with van der Waals surface area (Å²) in [4.78, 5) is 10.8. The lowest BCUT2D eigenvalue weighted by molar-refractivity contribution is -0.303. The van der Waals surface area contributed by atoms with Gasteiger partial charge in [-0.25, -0.2) is 4.79 Å². The Hall–Kier alpha value is -1.03. The van der Waals surface area contributed by atoms with Crippen LogP contribution in [0.5, 0.6) is 0 Å². The predicted molar refractivity (Wildman–Crippen MR) is 58.7 cm³/mol. The van der Waals surface area contributed by atoms with Gasteiger partial charge in [0.2, 0.25) is 0 Å². The molecule has 0 aromatic carbocycles. The van der Waals surface area contributed by atoms with E-state index in [1.807, 2.05) is 0 Å². The van der Waals surface area contributed by atoms with Crippen molar-refractivity contribution >= 4 is 5.97 Å². The summed E-state index contributed by atoms with van der Waals surface area (Å²) in [5.41, 5.74) is 0. The molecule has 2 heterocycles. The maximum atomic E-state index is 10.8. The lowest BCUT2D eigenvalue weighted by Gasteiger charge is -2.39. The summed E-state index contributed by atoms with van der Waals surface area (Å²) < 4.78 is 15.1. The summed E-state index contributed by atoms with van der Waals surface area (Å²) in [5.74, 6) is -0.484. The number of cyclic esters (lactones) is 1. The van der Waals surface area contributed by atoms with Gasteiger partial charge in [-0.3, -0.25) is 0 Å². The Bertz CT molecular complexity index is 355. The average molecular weight is 276 g/mol. The van der Waals surface area contributed by atoms with Crippen LogP contribution in [0.4, 0.5) is 0 Å². The van der Waals surface area contributed by atoms with Gasteiger partial charge < -0.3 is 34.6 Å². The summed E-state index contributed by atoms with van der Waals surface area (Å²) in [6, 6.07) is 0. The normalized spacial score (nSPS) is 42.4. The lowest BCUT2D eigenvalue weighted by atomic mass is 9.99. The maximum Gasteiger partial charge on any atom is 0.331 e. The van der Waals surface area contributed by atoms with E-state index in [9.17, 15) is 20.1 Å². The molecule has 8 heteroatoms. The minimum Gasteiger partial charge on any atom is -0.452 e. The molecule has 0 amide bonds. The Balaban J connectivity index is 1.88. The highest BCUT2D eigenvalue weighted by Gasteiger charge is 2.44. The van der Waals surface area contributed by atoms with Crippen LogP contribution in [0.1, 0.15) is 0 Å². The fraction of sp³-hybridized carbons (Fsp3) is 0.727. The summed E-state index contributed by atoms with van der Waals surface area (Å²) in [6.07, 6.45) is -4.46. The van der Waals surface area contributed by atoms with E-state index >= 15 is 0 Å². The van der Waals surface area contributed by atoms with E-state index in [4.69, 9.17) is 19.3 Å². The number of rotatable bonds is 4. The van der Waals surface area contributed by atoms with Gasteiger partial charge in [0.1, 0.15) is 30.5 Å². The summed E-state index contributed by atoms with van der Waals surface area (Å²) in [7, 11) is 0. The van der Waals surface area contributed by atoms with E-state index in [2.05, 4.69) is 0 Å². The molecule has 0 radical (unpaired) electrons. The van der Waals surface area contributed by atoms with Gasteiger partial charge in [0, 0.05) is 6.08 Å². The van der Waals surface area contributed by atoms with Crippen LogP contribution in [0, 0.1) is 0 Å². The summed E-state index contributed by atoms with van der Waals surface area (Å²) >= 11 is 0. The van der Waals surface area contributed by atoms with E-state index in [-0.39, 0.29) is 6.61 Å². The third-order valence-electron chi connectivity index (χ3n) is 2.99. The average Bonchev–Trinajstić information content (AvgIpc) is 2.81. The van der Waals surface area contributed by atoms with Crippen LogP contribution in [0.2, 0.25) is 0 Å². The van der Waals surface area contributed by atoms with E-state index in [1.54, 1.807) is 0 Å². The first-order valence-electron chi connectivity index (χ1n) is 5.84. The Morgan fingerprint density at radius 3 is 2.53 bits per heavy atom. The topological polar surface area (TPSA) is 126 Å². The van der Waals surface area contributed by atoms with Gasteiger partial charge in [-0.1, -0.05) is 0 Å². The highest BCUT2D eigenvalue weighted by molar-refractivity contribution is 5.84. The van der Waals surface area contributed by atoms with E-state index in [0.717, 1.165) is 0 Å². The van der Waals surface area contributed by atoms with Crippen LogP contribution in [0.3, 0.4) is 0 Å².